The van der Waals surface area contributed by atoms with Crippen molar-refractivity contribution in [3.63, 3.8) is 0 Å². The van der Waals surface area contributed by atoms with E-state index in [0.29, 0.717) is 19.4 Å². The average molecular weight is 1110 g/mol. The molecule has 2 atom stereocenters. The summed E-state index contributed by atoms with van der Waals surface area (Å²) in [5.41, 5.74) is 0. The number of allylic oxidation sites excluding steroid dienone is 3. The number of unbranched alkanes of at least 4 members (excludes halogenated alkanes) is 55. The second kappa shape index (κ2) is 68.8. The van der Waals surface area contributed by atoms with Gasteiger partial charge in [-0.1, -0.05) is 359 Å². The lowest BCUT2D eigenvalue weighted by molar-refractivity contribution is -0.143. The van der Waals surface area contributed by atoms with E-state index >= 15 is 0 Å². The molecule has 0 radical (unpaired) electrons. The Labute approximate surface area is 494 Å². The van der Waals surface area contributed by atoms with Gasteiger partial charge in [0.2, 0.25) is 5.91 Å². The van der Waals surface area contributed by atoms with Crippen LogP contribution in [0.15, 0.2) is 24.3 Å². The van der Waals surface area contributed by atoms with Crippen molar-refractivity contribution in [1.82, 2.24) is 5.32 Å². The predicted octanol–water partition coefficient (Wildman–Crippen LogP) is 23.3. The number of aliphatic hydroxyl groups excluding tert-OH is 2. The highest BCUT2D eigenvalue weighted by atomic mass is 16.5. The quantitative estimate of drug-likeness (QED) is 0.0320. The minimum Gasteiger partial charge on any atom is -0.466 e. The summed E-state index contributed by atoms with van der Waals surface area (Å²) in [7, 11) is 0. The van der Waals surface area contributed by atoms with Crippen molar-refractivity contribution in [2.75, 3.05) is 13.2 Å². The van der Waals surface area contributed by atoms with E-state index < -0.39 is 12.1 Å². The number of hydrogen-bond acceptors (Lipinski definition) is 5. The molecule has 0 saturated heterocycles. The van der Waals surface area contributed by atoms with Crippen molar-refractivity contribution in [3.8, 4) is 0 Å². The molecule has 0 spiro atoms. The van der Waals surface area contributed by atoms with Crippen molar-refractivity contribution >= 4 is 11.9 Å². The Morgan fingerprint density at radius 1 is 0.342 bits per heavy atom. The van der Waals surface area contributed by atoms with Crippen LogP contribution in [0.2, 0.25) is 0 Å². The Morgan fingerprint density at radius 2 is 0.595 bits per heavy atom. The second-order valence-electron chi connectivity index (χ2n) is 24.9. The first-order valence-corrected chi connectivity index (χ1v) is 36.1. The van der Waals surface area contributed by atoms with Crippen LogP contribution in [0.5, 0.6) is 0 Å². The number of carbonyl (C=O) groups is 2. The maximum atomic E-state index is 12.5. The van der Waals surface area contributed by atoms with Gasteiger partial charge in [-0.25, -0.2) is 0 Å². The Bertz CT molecular complexity index is 1230. The summed E-state index contributed by atoms with van der Waals surface area (Å²) < 4.78 is 5.50. The largest absolute Gasteiger partial charge is 0.466 e. The van der Waals surface area contributed by atoms with Crippen LogP contribution in [0, 0.1) is 0 Å². The zero-order valence-electron chi connectivity index (χ0n) is 53.6. The lowest BCUT2D eigenvalue weighted by Gasteiger charge is -2.20. The van der Waals surface area contributed by atoms with Crippen molar-refractivity contribution < 1.29 is 24.5 Å². The van der Waals surface area contributed by atoms with Crippen LogP contribution in [0.3, 0.4) is 0 Å². The summed E-state index contributed by atoms with van der Waals surface area (Å²) in [6, 6.07) is -0.624. The standard InChI is InChI=1S/C73H141NO5/c1-3-5-7-9-11-13-15-17-43-47-51-55-59-63-67-73(78)79-68-64-60-56-52-48-44-40-38-36-34-32-30-28-26-24-22-20-18-19-21-23-25-27-29-31-33-35-37-39-42-46-50-54-58-62-66-72(77)74-70(69-75)71(76)65-61-57-53-49-45-41-16-14-12-10-8-6-4-2/h20,22,61,65,70-71,75-76H,3-19,21,23-60,62-64,66-69H2,1-2H3,(H,74,77)/b22-20-,65-61+. The molecule has 0 fully saturated rings. The molecule has 6 heteroatoms. The van der Waals surface area contributed by atoms with Gasteiger partial charge in [-0.3, -0.25) is 9.59 Å². The molecule has 0 aromatic heterocycles. The van der Waals surface area contributed by atoms with E-state index in [1.54, 1.807) is 6.08 Å². The predicted molar refractivity (Wildman–Crippen MR) is 347 cm³/mol. The normalized spacial score (nSPS) is 12.6. The fourth-order valence-electron chi connectivity index (χ4n) is 11.5. The van der Waals surface area contributed by atoms with E-state index in [2.05, 4.69) is 31.3 Å². The molecule has 0 aromatic rings. The highest BCUT2D eigenvalue weighted by Crippen LogP contribution is 2.19. The van der Waals surface area contributed by atoms with E-state index in [4.69, 9.17) is 4.74 Å². The number of hydrogen-bond donors (Lipinski definition) is 3. The Balaban J connectivity index is 3.33. The number of carbonyl (C=O) groups excluding carboxylic acids is 2. The highest BCUT2D eigenvalue weighted by Gasteiger charge is 2.18. The van der Waals surface area contributed by atoms with Crippen molar-refractivity contribution in [2.24, 2.45) is 0 Å². The van der Waals surface area contributed by atoms with Gasteiger partial charge >= 0.3 is 5.97 Å². The van der Waals surface area contributed by atoms with Crippen molar-refractivity contribution in [3.05, 3.63) is 24.3 Å². The molecule has 2 unspecified atom stereocenters. The van der Waals surface area contributed by atoms with Crippen LogP contribution in [0.4, 0.5) is 0 Å². The lowest BCUT2D eigenvalue weighted by atomic mass is 10.0. The number of amides is 1. The zero-order valence-corrected chi connectivity index (χ0v) is 53.6. The van der Waals surface area contributed by atoms with Gasteiger partial charge in [-0.05, 0) is 57.8 Å². The third-order valence-electron chi connectivity index (χ3n) is 17.0. The van der Waals surface area contributed by atoms with Gasteiger partial charge < -0.3 is 20.3 Å². The number of esters is 1. The summed E-state index contributed by atoms with van der Waals surface area (Å²) in [6.07, 6.45) is 87.1. The summed E-state index contributed by atoms with van der Waals surface area (Å²) in [5.74, 6) is -0.0398. The molecule has 0 aliphatic heterocycles. The summed E-state index contributed by atoms with van der Waals surface area (Å²) in [5, 5.41) is 23.1. The first-order chi connectivity index (χ1) is 39.0. The van der Waals surface area contributed by atoms with E-state index in [1.165, 1.54) is 340 Å². The van der Waals surface area contributed by atoms with E-state index in [-0.39, 0.29) is 18.5 Å². The summed E-state index contributed by atoms with van der Waals surface area (Å²) in [4.78, 5) is 24.5. The Hall–Kier alpha value is -1.66. The average Bonchev–Trinajstić information content (AvgIpc) is 3.45. The number of ether oxygens (including phenoxy) is 1. The molecule has 0 saturated carbocycles. The molecule has 0 heterocycles. The molecular formula is C73H141NO5. The fraction of sp³-hybridized carbons (Fsp3) is 0.918. The van der Waals surface area contributed by atoms with Crippen LogP contribution in [0.25, 0.3) is 0 Å². The third kappa shape index (κ3) is 65.4. The molecule has 0 rings (SSSR count). The van der Waals surface area contributed by atoms with Gasteiger partial charge in [0.25, 0.3) is 0 Å². The first-order valence-electron chi connectivity index (χ1n) is 36.1. The fourth-order valence-corrected chi connectivity index (χ4v) is 11.5. The number of nitrogens with one attached hydrogen (secondary N) is 1. The SMILES string of the molecule is CCCCCCCCCCCCC/C=C/C(O)C(CO)NC(=O)CCCCCCCCCCCCCCCCCCC/C=C\CCCCCCCCCCCCCCCCOC(=O)CCCCCCCCCCCCCCCC. The maximum absolute atomic E-state index is 12.5. The van der Waals surface area contributed by atoms with Crippen molar-refractivity contribution in [1.29, 1.82) is 0 Å². The Kier molecular flexibility index (Phi) is 67.4. The molecule has 79 heavy (non-hydrogen) atoms. The lowest BCUT2D eigenvalue weighted by Crippen LogP contribution is -2.45. The van der Waals surface area contributed by atoms with Crippen LogP contribution < -0.4 is 5.32 Å². The smallest absolute Gasteiger partial charge is 0.305 e. The van der Waals surface area contributed by atoms with E-state index in [9.17, 15) is 19.8 Å². The van der Waals surface area contributed by atoms with Crippen LogP contribution in [0.1, 0.15) is 406 Å². The molecule has 3 N–H and O–H groups in total. The molecule has 0 bridgehead atoms. The highest BCUT2D eigenvalue weighted by molar-refractivity contribution is 5.76. The summed E-state index contributed by atoms with van der Waals surface area (Å²) >= 11 is 0. The maximum Gasteiger partial charge on any atom is 0.305 e. The molecular weight excluding hydrogens is 971 g/mol. The first kappa shape index (κ1) is 77.3. The van der Waals surface area contributed by atoms with Crippen molar-refractivity contribution in [2.45, 2.75) is 418 Å². The molecule has 6 nitrogen and oxygen atoms in total. The number of aliphatic hydroxyl groups is 2. The van der Waals surface area contributed by atoms with Gasteiger partial charge in [0, 0.05) is 12.8 Å². The van der Waals surface area contributed by atoms with Gasteiger partial charge in [0.1, 0.15) is 0 Å². The number of rotatable bonds is 68. The van der Waals surface area contributed by atoms with Gasteiger partial charge in [-0.15, -0.1) is 0 Å². The summed E-state index contributed by atoms with van der Waals surface area (Å²) in [6.45, 7) is 4.94. The molecule has 468 valence electrons. The zero-order chi connectivity index (χ0) is 57.1. The molecule has 0 aliphatic rings. The van der Waals surface area contributed by atoms with Gasteiger partial charge in [0.05, 0.1) is 25.4 Å². The van der Waals surface area contributed by atoms with Gasteiger partial charge in [0.15, 0.2) is 0 Å². The minimum absolute atomic E-state index is 0.0228. The van der Waals surface area contributed by atoms with Gasteiger partial charge in [-0.2, -0.15) is 0 Å². The topological polar surface area (TPSA) is 95.9 Å². The Morgan fingerprint density at radius 3 is 0.899 bits per heavy atom. The van der Waals surface area contributed by atoms with E-state index in [1.807, 2.05) is 6.08 Å². The monoisotopic (exact) mass is 1110 g/mol. The van der Waals surface area contributed by atoms with Crippen LogP contribution in [-0.2, 0) is 14.3 Å². The third-order valence-corrected chi connectivity index (χ3v) is 17.0. The van der Waals surface area contributed by atoms with E-state index in [0.717, 1.165) is 38.5 Å². The molecule has 0 aromatic carbocycles. The molecule has 0 aliphatic carbocycles. The van der Waals surface area contributed by atoms with Crippen LogP contribution in [-0.4, -0.2) is 47.4 Å². The molecule has 1 amide bonds. The van der Waals surface area contributed by atoms with Crippen LogP contribution >= 0.6 is 0 Å². The second-order valence-corrected chi connectivity index (χ2v) is 24.9. The minimum atomic E-state index is -0.841.